The SMILES string of the molecule is CN=C(NCCN(C)C1CCCC1)NC1CCN(C(=O)C2CCCC2)C1. The highest BCUT2D eigenvalue weighted by Crippen LogP contribution is 2.27. The molecule has 1 amide bonds. The van der Waals surface area contributed by atoms with Crippen molar-refractivity contribution in [2.45, 2.75) is 69.9 Å². The molecule has 3 aliphatic rings. The van der Waals surface area contributed by atoms with Crippen molar-refractivity contribution in [3.63, 3.8) is 0 Å². The van der Waals surface area contributed by atoms with E-state index in [0.717, 1.165) is 57.4 Å². The molecule has 6 heteroatoms. The van der Waals surface area contributed by atoms with E-state index >= 15 is 0 Å². The number of rotatable bonds is 6. The number of nitrogens with one attached hydrogen (secondary N) is 2. The zero-order chi connectivity index (χ0) is 18.4. The molecular formula is C20H37N5O. The minimum atomic E-state index is 0.289. The van der Waals surface area contributed by atoms with Crippen LogP contribution in [0, 0.1) is 5.92 Å². The van der Waals surface area contributed by atoms with Crippen LogP contribution < -0.4 is 10.6 Å². The topological polar surface area (TPSA) is 60.0 Å². The van der Waals surface area contributed by atoms with Gasteiger partial charge in [0.05, 0.1) is 0 Å². The van der Waals surface area contributed by atoms with Gasteiger partial charge in [-0.15, -0.1) is 0 Å². The van der Waals surface area contributed by atoms with Gasteiger partial charge in [0, 0.05) is 51.2 Å². The molecule has 3 fully saturated rings. The summed E-state index contributed by atoms with van der Waals surface area (Å²) in [7, 11) is 4.06. The fourth-order valence-corrected chi connectivity index (χ4v) is 4.78. The van der Waals surface area contributed by atoms with E-state index in [1.54, 1.807) is 0 Å². The smallest absolute Gasteiger partial charge is 0.225 e. The van der Waals surface area contributed by atoms with E-state index in [-0.39, 0.29) is 5.92 Å². The van der Waals surface area contributed by atoms with E-state index in [9.17, 15) is 4.79 Å². The summed E-state index contributed by atoms with van der Waals surface area (Å²) in [6.07, 6.45) is 11.1. The third-order valence-corrected chi connectivity index (χ3v) is 6.47. The van der Waals surface area contributed by atoms with Gasteiger partial charge in [0.15, 0.2) is 5.96 Å². The maximum absolute atomic E-state index is 12.6. The Morgan fingerprint density at radius 3 is 2.50 bits per heavy atom. The molecule has 1 heterocycles. The molecule has 148 valence electrons. The first-order valence-electron chi connectivity index (χ1n) is 10.6. The predicted molar refractivity (Wildman–Crippen MR) is 106 cm³/mol. The lowest BCUT2D eigenvalue weighted by molar-refractivity contribution is -0.134. The normalized spacial score (nSPS) is 25.4. The molecule has 1 unspecified atom stereocenters. The van der Waals surface area contributed by atoms with Gasteiger partial charge < -0.3 is 20.4 Å². The van der Waals surface area contributed by atoms with Crippen molar-refractivity contribution in [2.24, 2.45) is 10.9 Å². The first-order chi connectivity index (χ1) is 12.7. The number of carbonyl (C=O) groups excluding carboxylic acids is 1. The number of guanidine groups is 1. The highest BCUT2D eigenvalue weighted by atomic mass is 16.2. The van der Waals surface area contributed by atoms with Crippen LogP contribution >= 0.6 is 0 Å². The van der Waals surface area contributed by atoms with Crippen LogP contribution in [0.4, 0.5) is 0 Å². The number of carbonyl (C=O) groups is 1. The molecule has 0 spiro atoms. The summed E-state index contributed by atoms with van der Waals surface area (Å²) >= 11 is 0. The molecule has 0 radical (unpaired) electrons. The molecule has 6 nitrogen and oxygen atoms in total. The Hall–Kier alpha value is -1.30. The molecule has 1 aliphatic heterocycles. The monoisotopic (exact) mass is 363 g/mol. The quantitative estimate of drug-likeness (QED) is 0.558. The molecular weight excluding hydrogens is 326 g/mol. The van der Waals surface area contributed by atoms with E-state index in [1.807, 2.05) is 7.05 Å². The van der Waals surface area contributed by atoms with Gasteiger partial charge in [-0.25, -0.2) is 0 Å². The Labute approximate surface area is 158 Å². The van der Waals surface area contributed by atoms with E-state index < -0.39 is 0 Å². The van der Waals surface area contributed by atoms with Crippen LogP contribution in [0.1, 0.15) is 57.8 Å². The second kappa shape index (κ2) is 9.58. The average Bonchev–Trinajstić information content (AvgIpc) is 3.42. The summed E-state index contributed by atoms with van der Waals surface area (Å²) in [5.41, 5.74) is 0. The van der Waals surface area contributed by atoms with Crippen molar-refractivity contribution in [2.75, 3.05) is 40.3 Å². The zero-order valence-corrected chi connectivity index (χ0v) is 16.7. The number of hydrogen-bond donors (Lipinski definition) is 2. The molecule has 26 heavy (non-hydrogen) atoms. The van der Waals surface area contributed by atoms with Gasteiger partial charge in [0.1, 0.15) is 0 Å². The maximum atomic E-state index is 12.6. The van der Waals surface area contributed by atoms with Crippen molar-refractivity contribution in [1.29, 1.82) is 0 Å². The van der Waals surface area contributed by atoms with Gasteiger partial charge in [0.25, 0.3) is 0 Å². The van der Waals surface area contributed by atoms with Crippen LogP contribution in [0.5, 0.6) is 0 Å². The second-order valence-corrected chi connectivity index (χ2v) is 8.31. The lowest BCUT2D eigenvalue weighted by Crippen LogP contribution is -2.47. The first kappa shape index (κ1) is 19.5. The number of hydrogen-bond acceptors (Lipinski definition) is 3. The van der Waals surface area contributed by atoms with Crippen LogP contribution in [0.25, 0.3) is 0 Å². The lowest BCUT2D eigenvalue weighted by Gasteiger charge is -2.25. The zero-order valence-electron chi connectivity index (χ0n) is 16.7. The largest absolute Gasteiger partial charge is 0.355 e. The standard InChI is InChI=1S/C20H37N5O/c1-21-20(22-12-14-24(2)18-9-5-6-10-18)23-17-11-13-25(15-17)19(26)16-7-3-4-8-16/h16-18H,3-15H2,1-2H3,(H2,21,22,23). The number of amides is 1. The second-order valence-electron chi connectivity index (χ2n) is 8.31. The minimum absolute atomic E-state index is 0.289. The minimum Gasteiger partial charge on any atom is -0.355 e. The van der Waals surface area contributed by atoms with Gasteiger partial charge in [-0.3, -0.25) is 9.79 Å². The van der Waals surface area contributed by atoms with E-state index in [4.69, 9.17) is 0 Å². The van der Waals surface area contributed by atoms with Gasteiger partial charge in [-0.1, -0.05) is 25.7 Å². The molecule has 2 aliphatic carbocycles. The van der Waals surface area contributed by atoms with Crippen LogP contribution in [-0.4, -0.2) is 74.0 Å². The Morgan fingerprint density at radius 1 is 1.12 bits per heavy atom. The predicted octanol–water partition coefficient (Wildman–Crippen LogP) is 1.82. The number of nitrogens with zero attached hydrogens (tertiary/aromatic N) is 3. The summed E-state index contributed by atoms with van der Waals surface area (Å²) in [6, 6.07) is 1.08. The number of aliphatic imine (C=N–C) groups is 1. The van der Waals surface area contributed by atoms with Gasteiger partial charge >= 0.3 is 0 Å². The molecule has 3 rings (SSSR count). The Bertz CT molecular complexity index is 483. The molecule has 0 aromatic rings. The van der Waals surface area contributed by atoms with Crippen molar-refractivity contribution in [3.05, 3.63) is 0 Å². The Balaban J connectivity index is 1.36. The summed E-state index contributed by atoms with van der Waals surface area (Å²) in [5.74, 6) is 1.54. The van der Waals surface area contributed by atoms with Crippen LogP contribution in [0.2, 0.25) is 0 Å². The highest BCUT2D eigenvalue weighted by molar-refractivity contribution is 5.81. The fraction of sp³-hybridized carbons (Fsp3) is 0.900. The summed E-state index contributed by atoms with van der Waals surface area (Å²) in [4.78, 5) is 21.5. The van der Waals surface area contributed by atoms with Crippen molar-refractivity contribution >= 4 is 11.9 Å². The van der Waals surface area contributed by atoms with Crippen LogP contribution in [-0.2, 0) is 4.79 Å². The lowest BCUT2D eigenvalue weighted by atomic mass is 10.1. The Morgan fingerprint density at radius 2 is 1.81 bits per heavy atom. The van der Waals surface area contributed by atoms with Gasteiger partial charge in [-0.2, -0.15) is 0 Å². The molecule has 1 saturated heterocycles. The Kier molecular flexibility index (Phi) is 7.17. The van der Waals surface area contributed by atoms with Crippen molar-refractivity contribution in [1.82, 2.24) is 20.4 Å². The van der Waals surface area contributed by atoms with E-state index in [2.05, 4.69) is 32.5 Å². The van der Waals surface area contributed by atoms with Gasteiger partial charge in [-0.05, 0) is 39.2 Å². The summed E-state index contributed by atoms with van der Waals surface area (Å²) < 4.78 is 0. The molecule has 2 saturated carbocycles. The molecule has 2 N–H and O–H groups in total. The molecule has 1 atom stereocenters. The summed E-state index contributed by atoms with van der Waals surface area (Å²) in [5, 5.41) is 6.95. The average molecular weight is 364 g/mol. The number of likely N-dealkylation sites (tertiary alicyclic amines) is 1. The van der Waals surface area contributed by atoms with Crippen LogP contribution in [0.3, 0.4) is 0 Å². The van der Waals surface area contributed by atoms with Gasteiger partial charge in [0.2, 0.25) is 5.91 Å². The number of likely N-dealkylation sites (N-methyl/N-ethyl adjacent to an activating group) is 1. The van der Waals surface area contributed by atoms with Crippen molar-refractivity contribution < 1.29 is 4.79 Å². The first-order valence-corrected chi connectivity index (χ1v) is 10.6. The van der Waals surface area contributed by atoms with Crippen molar-refractivity contribution in [3.8, 4) is 0 Å². The maximum Gasteiger partial charge on any atom is 0.225 e. The third-order valence-electron chi connectivity index (χ3n) is 6.47. The van der Waals surface area contributed by atoms with E-state index in [1.165, 1.54) is 38.5 Å². The molecule has 0 aromatic heterocycles. The molecule has 0 bridgehead atoms. The summed E-state index contributed by atoms with van der Waals surface area (Å²) in [6.45, 7) is 3.65. The third kappa shape index (κ3) is 5.12. The fourth-order valence-electron chi connectivity index (χ4n) is 4.78. The highest BCUT2D eigenvalue weighted by Gasteiger charge is 2.32. The van der Waals surface area contributed by atoms with Crippen LogP contribution in [0.15, 0.2) is 4.99 Å². The van der Waals surface area contributed by atoms with E-state index in [0.29, 0.717) is 11.9 Å². The molecule has 0 aromatic carbocycles.